The van der Waals surface area contributed by atoms with Crippen molar-refractivity contribution in [3.05, 3.63) is 48.6 Å². The highest BCUT2D eigenvalue weighted by Crippen LogP contribution is 2.45. The molecule has 0 N–H and O–H groups in total. The molecule has 394 valence electrons. The fraction of sp³-hybridized carbons (Fsp3) is 0.821. The van der Waals surface area contributed by atoms with Crippen LogP contribution in [0.25, 0.3) is 0 Å². The minimum Gasteiger partial charge on any atom is -0.459 e. The molecule has 9 atom stereocenters. The molecule has 9 unspecified atom stereocenters. The molecule has 1 aliphatic heterocycles. The Morgan fingerprint density at radius 1 is 0.765 bits per heavy atom. The molecule has 68 heavy (non-hydrogen) atoms. The van der Waals surface area contributed by atoms with E-state index in [1.54, 1.807) is 0 Å². The highest BCUT2D eigenvalue weighted by atomic mass is 28.4. The highest BCUT2D eigenvalue weighted by Gasteiger charge is 2.50. The van der Waals surface area contributed by atoms with Gasteiger partial charge in [0, 0.05) is 24.3 Å². The molecule has 0 bridgehead atoms. The van der Waals surface area contributed by atoms with Gasteiger partial charge >= 0.3 is 5.97 Å². The van der Waals surface area contributed by atoms with E-state index in [0.29, 0.717) is 24.3 Å². The van der Waals surface area contributed by atoms with Gasteiger partial charge in [-0.1, -0.05) is 127 Å². The summed E-state index contributed by atoms with van der Waals surface area (Å²) in [5.41, 5.74) is 0.825. The first-order valence-electron chi connectivity index (χ1n) is 26.4. The van der Waals surface area contributed by atoms with Gasteiger partial charge in [-0.3, -0.25) is 4.79 Å². The zero-order valence-corrected chi connectivity index (χ0v) is 52.6. The lowest BCUT2D eigenvalue weighted by molar-refractivity contribution is -0.146. The van der Waals surface area contributed by atoms with Crippen molar-refractivity contribution >= 4 is 45.0 Å². The summed E-state index contributed by atoms with van der Waals surface area (Å²) in [4.78, 5) is 29.3. The molecule has 12 heteroatoms. The second kappa shape index (κ2) is 26.1. The van der Waals surface area contributed by atoms with Crippen LogP contribution in [0.15, 0.2) is 42.5 Å². The molecule has 0 aromatic rings. The molecule has 1 rings (SSSR count). The number of ether oxygens (including phenoxy) is 2. The average molecular weight is 1020 g/mol. The molecular weight excluding hydrogens is 913 g/mol. The van der Waals surface area contributed by atoms with E-state index < -0.39 is 63.3 Å². The summed E-state index contributed by atoms with van der Waals surface area (Å²) in [6.07, 6.45) is 12.1. The Morgan fingerprint density at radius 2 is 1.28 bits per heavy atom. The SMILES string of the molecule is C=[C+]CC(C)CC1OC1C=CCCC=C(C)C(=O)OC(C)CC(C)C(O[Si](C)(C)C(C)(C)C)C(O[Si](C)(C)C(C)(C)C)C(=O)CC(CC(C)(O[Si](C)(C)C(C)(C)C)C(=C)C)O[Si](CC)(CC)CC. The molecule has 1 heterocycles. The minimum absolute atomic E-state index is 0.000122. The number of allylic oxidation sites excluding steroid dienone is 3. The zero-order valence-electron chi connectivity index (χ0n) is 48.6. The number of epoxide rings is 1. The number of hydrogen-bond acceptors (Lipinski definition) is 8. The van der Waals surface area contributed by atoms with Gasteiger partial charge in [-0.15, -0.1) is 0 Å². The number of rotatable bonds is 31. The summed E-state index contributed by atoms with van der Waals surface area (Å²) in [6, 6.07) is 2.89. The molecule has 0 aromatic heterocycles. The average Bonchev–Trinajstić information content (AvgIpc) is 3.92. The highest BCUT2D eigenvalue weighted by molar-refractivity contribution is 6.75. The first kappa shape index (κ1) is 64.7. The standard InChI is InChI=1S/C56H107O8Si4/c1-27-34-42(7)37-49-48(60-49)36-33-31-32-35-43(8)52(58)59-45(10)38-44(9)50(62-65(21,22)53(11,12)13)51(63-66(23,24)54(14,15)16)47(57)39-46(61-68(28-2,29-3)30-4)40-56(20,41(5)6)64-67(25,26)55(17,18)19/h33,35-36,42,44-46,48-51H,1,5,28-32,34,37-40H2,2-4,6-26H3/q+1. The van der Waals surface area contributed by atoms with Gasteiger partial charge < -0.3 is 27.2 Å². The largest absolute Gasteiger partial charge is 0.459 e. The van der Waals surface area contributed by atoms with Crippen LogP contribution in [0.5, 0.6) is 0 Å². The fourth-order valence-corrected chi connectivity index (χ4v) is 15.2. The van der Waals surface area contributed by atoms with Crippen molar-refractivity contribution in [1.29, 1.82) is 0 Å². The summed E-state index contributed by atoms with van der Waals surface area (Å²) >= 11 is 0. The topological polar surface area (TPSA) is 92.8 Å². The molecule has 8 nitrogen and oxygen atoms in total. The van der Waals surface area contributed by atoms with Gasteiger partial charge in [0.1, 0.15) is 18.8 Å². The van der Waals surface area contributed by atoms with Crippen molar-refractivity contribution in [3.63, 3.8) is 0 Å². The van der Waals surface area contributed by atoms with Crippen LogP contribution in [-0.4, -0.2) is 87.2 Å². The van der Waals surface area contributed by atoms with Crippen molar-refractivity contribution in [3.8, 4) is 0 Å². The molecule has 0 spiro atoms. The molecule has 0 amide bonds. The second-order valence-electron chi connectivity index (χ2n) is 25.6. The lowest BCUT2D eigenvalue weighted by Gasteiger charge is -2.48. The van der Waals surface area contributed by atoms with Crippen LogP contribution in [0.4, 0.5) is 0 Å². The van der Waals surface area contributed by atoms with E-state index in [0.717, 1.165) is 49.4 Å². The number of Topliss-reactive ketones (excluding diaryl/α,β-unsaturated/α-hetero) is 1. The Balaban J connectivity index is 3.70. The maximum atomic E-state index is 15.7. The molecule has 0 radical (unpaired) electrons. The van der Waals surface area contributed by atoms with Crippen LogP contribution in [-0.2, 0) is 36.8 Å². The van der Waals surface area contributed by atoms with Crippen molar-refractivity contribution < 1.29 is 36.8 Å². The maximum absolute atomic E-state index is 15.7. The summed E-state index contributed by atoms with van der Waals surface area (Å²) in [7, 11) is -9.57. The van der Waals surface area contributed by atoms with Gasteiger partial charge in [0.25, 0.3) is 0 Å². The maximum Gasteiger partial charge on any atom is 0.333 e. The quantitative estimate of drug-likeness (QED) is 0.0129. The number of esters is 1. The van der Waals surface area contributed by atoms with E-state index in [2.05, 4.69) is 181 Å². The van der Waals surface area contributed by atoms with Gasteiger partial charge in [0.15, 0.2) is 45.5 Å². The number of carbonyl (C=O) groups is 2. The van der Waals surface area contributed by atoms with Gasteiger partial charge in [0.05, 0.1) is 30.0 Å². The van der Waals surface area contributed by atoms with E-state index >= 15 is 4.79 Å². The normalized spacial score (nSPS) is 20.5. The molecule has 1 aliphatic rings. The fourth-order valence-electron chi connectivity index (χ4n) is 8.04. The molecule has 0 aliphatic carbocycles. The van der Waals surface area contributed by atoms with Crippen molar-refractivity contribution in [1.82, 2.24) is 0 Å². The monoisotopic (exact) mass is 1020 g/mol. The summed E-state index contributed by atoms with van der Waals surface area (Å²) in [5.74, 6) is 0.00128. The number of unbranched alkanes of at least 4 members (excludes halogenated alkanes) is 1. The lowest BCUT2D eigenvalue weighted by Crippen LogP contribution is -2.57. The van der Waals surface area contributed by atoms with Crippen LogP contribution in [0.2, 0.25) is 72.5 Å². The van der Waals surface area contributed by atoms with E-state index in [4.69, 9.17) is 27.2 Å². The first-order chi connectivity index (χ1) is 30.8. The molecule has 0 aromatic carbocycles. The van der Waals surface area contributed by atoms with Gasteiger partial charge in [0.2, 0.25) is 6.08 Å². The van der Waals surface area contributed by atoms with Crippen LogP contribution in [0.3, 0.4) is 0 Å². The summed E-state index contributed by atoms with van der Waals surface area (Å²) in [6.45, 7) is 60.9. The van der Waals surface area contributed by atoms with E-state index in [1.807, 2.05) is 19.9 Å². The predicted molar refractivity (Wildman–Crippen MR) is 299 cm³/mol. The van der Waals surface area contributed by atoms with Crippen molar-refractivity contribution in [2.75, 3.05) is 0 Å². The number of ketones is 1. The zero-order chi connectivity index (χ0) is 53.1. The smallest absolute Gasteiger partial charge is 0.333 e. The third-order valence-corrected chi connectivity index (χ3v) is 34.6. The van der Waals surface area contributed by atoms with Crippen LogP contribution < -0.4 is 0 Å². The van der Waals surface area contributed by atoms with E-state index in [1.165, 1.54) is 0 Å². The summed E-state index contributed by atoms with van der Waals surface area (Å²) < 4.78 is 41.5. The predicted octanol–water partition coefficient (Wildman–Crippen LogP) is 16.3. The van der Waals surface area contributed by atoms with E-state index in [9.17, 15) is 4.79 Å². The molecule has 1 saturated heterocycles. The Bertz CT molecular complexity index is 1670. The Hall–Kier alpha value is -1.32. The molecule has 0 saturated carbocycles. The van der Waals surface area contributed by atoms with E-state index in [-0.39, 0.29) is 51.4 Å². The third kappa shape index (κ3) is 19.6. The van der Waals surface area contributed by atoms with Gasteiger partial charge in [-0.25, -0.2) is 4.79 Å². The Labute approximate surface area is 424 Å². The summed E-state index contributed by atoms with van der Waals surface area (Å²) in [5, 5.41) is -0.323. The minimum atomic E-state index is -2.57. The van der Waals surface area contributed by atoms with Crippen LogP contribution in [0, 0.1) is 17.9 Å². The lowest BCUT2D eigenvalue weighted by atomic mass is 9.87. The second-order valence-corrected chi connectivity index (χ2v) is 44.6. The Kier molecular flexibility index (Phi) is 24.8. The third-order valence-electron chi connectivity index (χ3n) is 16.4. The van der Waals surface area contributed by atoms with Crippen molar-refractivity contribution in [2.45, 2.75) is 284 Å². The van der Waals surface area contributed by atoms with Crippen LogP contribution >= 0.6 is 0 Å². The first-order valence-corrected chi connectivity index (χ1v) is 37.7. The van der Waals surface area contributed by atoms with Gasteiger partial charge in [-0.2, -0.15) is 0 Å². The number of carbonyl (C=O) groups excluding carboxylic acids is 2. The van der Waals surface area contributed by atoms with Gasteiger partial charge in [-0.05, 0) is 132 Å². The van der Waals surface area contributed by atoms with Crippen molar-refractivity contribution in [2.24, 2.45) is 11.8 Å². The molecule has 1 fully saturated rings. The molecular formula is C56H107O8Si4+. The Morgan fingerprint density at radius 3 is 1.75 bits per heavy atom. The van der Waals surface area contributed by atoms with Crippen LogP contribution in [0.1, 0.15) is 170 Å². The number of hydrogen-bond donors (Lipinski definition) is 0.